The zero-order chi connectivity index (χ0) is 23.0. The lowest BCUT2D eigenvalue weighted by molar-refractivity contribution is 0.102. The number of nitrogens with one attached hydrogen (secondary N) is 2. The van der Waals surface area contributed by atoms with Gasteiger partial charge in [-0.2, -0.15) is 0 Å². The molecule has 1 aromatic heterocycles. The molecular weight excluding hydrogens is 430 g/mol. The number of hydrogen-bond acceptors (Lipinski definition) is 3. The molecule has 4 rings (SSSR count). The third-order valence-corrected chi connectivity index (χ3v) is 5.72. The second-order valence-electron chi connectivity index (χ2n) is 7.77. The summed E-state index contributed by atoms with van der Waals surface area (Å²) in [6, 6.07) is 27.3. The minimum atomic E-state index is -0.133. The lowest BCUT2D eigenvalue weighted by Crippen LogP contribution is -2.14. The van der Waals surface area contributed by atoms with Crippen molar-refractivity contribution in [2.45, 2.75) is 19.8 Å². The van der Waals surface area contributed by atoms with Crippen LogP contribution < -0.4 is 10.6 Å². The van der Waals surface area contributed by atoms with E-state index in [1.54, 1.807) is 6.20 Å². The lowest BCUT2D eigenvalue weighted by atomic mass is 9.96. The lowest BCUT2D eigenvalue weighted by Gasteiger charge is -2.13. The van der Waals surface area contributed by atoms with Gasteiger partial charge in [0.05, 0.1) is 0 Å². The van der Waals surface area contributed by atoms with Gasteiger partial charge in [-0.05, 0) is 77.7 Å². The van der Waals surface area contributed by atoms with Gasteiger partial charge in [0.2, 0.25) is 0 Å². The molecule has 0 spiro atoms. The molecule has 0 aliphatic heterocycles. The molecule has 0 saturated carbocycles. The van der Waals surface area contributed by atoms with Gasteiger partial charge in [-0.1, -0.05) is 48.9 Å². The number of carbonyl (C=O) groups excluding carboxylic acids is 1. The highest BCUT2D eigenvalue weighted by atomic mass is 35.5. The number of aromatic nitrogens is 1. The number of pyridine rings is 1. The predicted molar refractivity (Wildman–Crippen MR) is 137 cm³/mol. The van der Waals surface area contributed by atoms with Gasteiger partial charge < -0.3 is 10.6 Å². The molecule has 0 unspecified atom stereocenters. The van der Waals surface area contributed by atoms with Crippen molar-refractivity contribution in [1.29, 1.82) is 0 Å². The highest BCUT2D eigenvalue weighted by molar-refractivity contribution is 6.30. The summed E-state index contributed by atoms with van der Waals surface area (Å²) < 4.78 is 0. The van der Waals surface area contributed by atoms with Crippen LogP contribution in [0.3, 0.4) is 0 Å². The third kappa shape index (κ3) is 5.99. The Balaban J connectivity index is 1.45. The van der Waals surface area contributed by atoms with E-state index in [4.69, 9.17) is 11.6 Å². The largest absolute Gasteiger partial charge is 0.385 e. The van der Waals surface area contributed by atoms with Crippen molar-refractivity contribution in [3.8, 4) is 11.1 Å². The molecule has 0 saturated heterocycles. The van der Waals surface area contributed by atoms with Gasteiger partial charge in [0.1, 0.15) is 0 Å². The first-order chi connectivity index (χ1) is 16.1. The zero-order valence-electron chi connectivity index (χ0n) is 18.5. The number of halogens is 1. The first kappa shape index (κ1) is 22.6. The Kier molecular flexibility index (Phi) is 7.38. The number of carbonyl (C=O) groups is 1. The number of amides is 1. The van der Waals surface area contributed by atoms with Crippen LogP contribution in [0.25, 0.3) is 11.1 Å². The number of benzene rings is 3. The molecule has 4 aromatic rings. The summed E-state index contributed by atoms with van der Waals surface area (Å²) in [5, 5.41) is 7.10. The van der Waals surface area contributed by atoms with E-state index in [-0.39, 0.29) is 5.91 Å². The van der Waals surface area contributed by atoms with Crippen LogP contribution in [0.2, 0.25) is 5.02 Å². The number of anilines is 2. The summed E-state index contributed by atoms with van der Waals surface area (Å²) >= 11 is 6.04. The van der Waals surface area contributed by atoms with Crippen molar-refractivity contribution in [2.75, 3.05) is 17.2 Å². The molecule has 0 aliphatic carbocycles. The summed E-state index contributed by atoms with van der Waals surface area (Å²) in [6.45, 7) is 2.87. The molecule has 0 radical (unpaired) electrons. The van der Waals surface area contributed by atoms with Crippen molar-refractivity contribution in [1.82, 2.24) is 4.98 Å². The maximum absolute atomic E-state index is 13.2. The Labute approximate surface area is 199 Å². The summed E-state index contributed by atoms with van der Waals surface area (Å²) in [5.74, 6) is -0.133. The Morgan fingerprint density at radius 1 is 0.909 bits per heavy atom. The van der Waals surface area contributed by atoms with Crippen LogP contribution in [0, 0.1) is 0 Å². The van der Waals surface area contributed by atoms with E-state index in [0.717, 1.165) is 53.1 Å². The second-order valence-corrected chi connectivity index (χ2v) is 8.21. The quantitative estimate of drug-likeness (QED) is 0.304. The smallest absolute Gasteiger partial charge is 0.256 e. The SMILES string of the molecule is CCc1ccc(-c2ccc(Cl)cc2)c(C(=O)Nc2ccc(NCCc3ccccn3)cc2)c1. The van der Waals surface area contributed by atoms with Crippen LogP contribution in [-0.2, 0) is 12.8 Å². The Bertz CT molecular complexity index is 1210. The highest BCUT2D eigenvalue weighted by Crippen LogP contribution is 2.27. The van der Waals surface area contributed by atoms with Crippen molar-refractivity contribution >= 4 is 28.9 Å². The molecule has 2 N–H and O–H groups in total. The molecule has 1 amide bonds. The third-order valence-electron chi connectivity index (χ3n) is 5.47. The number of rotatable bonds is 8. The summed E-state index contributed by atoms with van der Waals surface area (Å²) in [4.78, 5) is 17.5. The van der Waals surface area contributed by atoms with Crippen molar-refractivity contribution < 1.29 is 4.79 Å². The van der Waals surface area contributed by atoms with Gasteiger partial charge in [0.25, 0.3) is 5.91 Å². The van der Waals surface area contributed by atoms with E-state index in [1.807, 2.05) is 78.9 Å². The van der Waals surface area contributed by atoms with Gasteiger partial charge in [-0.15, -0.1) is 0 Å². The van der Waals surface area contributed by atoms with Crippen LogP contribution in [-0.4, -0.2) is 17.4 Å². The Hall–Kier alpha value is -3.63. The molecule has 0 atom stereocenters. The van der Waals surface area contributed by atoms with Crippen LogP contribution in [0.5, 0.6) is 0 Å². The van der Waals surface area contributed by atoms with E-state index in [9.17, 15) is 4.79 Å². The van der Waals surface area contributed by atoms with E-state index in [2.05, 4.69) is 28.6 Å². The monoisotopic (exact) mass is 455 g/mol. The van der Waals surface area contributed by atoms with E-state index >= 15 is 0 Å². The molecule has 0 bridgehead atoms. The fraction of sp³-hybridized carbons (Fsp3) is 0.143. The van der Waals surface area contributed by atoms with E-state index < -0.39 is 0 Å². The molecule has 0 fully saturated rings. The maximum Gasteiger partial charge on any atom is 0.256 e. The molecule has 166 valence electrons. The minimum Gasteiger partial charge on any atom is -0.385 e. The average molecular weight is 456 g/mol. The van der Waals surface area contributed by atoms with Gasteiger partial charge in [-0.3, -0.25) is 9.78 Å². The maximum atomic E-state index is 13.2. The number of aryl methyl sites for hydroxylation is 1. The fourth-order valence-corrected chi connectivity index (χ4v) is 3.76. The number of hydrogen-bond donors (Lipinski definition) is 2. The van der Waals surface area contributed by atoms with Gasteiger partial charge in [0, 0.05) is 46.8 Å². The van der Waals surface area contributed by atoms with Crippen LogP contribution in [0.4, 0.5) is 11.4 Å². The summed E-state index contributed by atoms with van der Waals surface area (Å²) in [7, 11) is 0. The Morgan fingerprint density at radius 2 is 1.67 bits per heavy atom. The second kappa shape index (κ2) is 10.8. The molecular formula is C28H26ClN3O. The zero-order valence-corrected chi connectivity index (χ0v) is 19.3. The standard InChI is InChI=1S/C28H26ClN3O/c1-2-20-6-15-26(21-7-9-22(29)10-8-21)27(19-20)28(33)32-25-13-11-24(12-14-25)31-18-16-23-5-3-4-17-30-23/h3-15,17,19,31H,2,16,18H2,1H3,(H,32,33). The molecule has 5 heteroatoms. The number of nitrogens with zero attached hydrogens (tertiary/aromatic N) is 1. The van der Waals surface area contributed by atoms with Crippen LogP contribution in [0.1, 0.15) is 28.5 Å². The minimum absolute atomic E-state index is 0.133. The van der Waals surface area contributed by atoms with Gasteiger partial charge >= 0.3 is 0 Å². The summed E-state index contributed by atoms with van der Waals surface area (Å²) in [6.07, 6.45) is 3.52. The fourth-order valence-electron chi connectivity index (χ4n) is 3.63. The highest BCUT2D eigenvalue weighted by Gasteiger charge is 2.14. The van der Waals surface area contributed by atoms with Gasteiger partial charge in [-0.25, -0.2) is 0 Å². The van der Waals surface area contributed by atoms with Crippen LogP contribution >= 0.6 is 11.6 Å². The summed E-state index contributed by atoms with van der Waals surface area (Å²) in [5.41, 5.74) is 6.41. The normalized spacial score (nSPS) is 10.6. The van der Waals surface area contributed by atoms with E-state index in [1.165, 1.54) is 0 Å². The van der Waals surface area contributed by atoms with Crippen molar-refractivity contribution in [2.24, 2.45) is 0 Å². The van der Waals surface area contributed by atoms with Crippen LogP contribution in [0.15, 0.2) is 91.1 Å². The first-order valence-corrected chi connectivity index (χ1v) is 11.4. The topological polar surface area (TPSA) is 54.0 Å². The van der Waals surface area contributed by atoms with Crippen molar-refractivity contribution in [3.63, 3.8) is 0 Å². The van der Waals surface area contributed by atoms with Gasteiger partial charge in [0.15, 0.2) is 0 Å². The molecule has 33 heavy (non-hydrogen) atoms. The average Bonchev–Trinajstić information content (AvgIpc) is 2.86. The molecule has 0 aliphatic rings. The van der Waals surface area contributed by atoms with Crippen molar-refractivity contribution in [3.05, 3.63) is 113 Å². The molecule has 4 nitrogen and oxygen atoms in total. The Morgan fingerprint density at radius 3 is 2.36 bits per heavy atom. The first-order valence-electron chi connectivity index (χ1n) is 11.1. The molecule has 3 aromatic carbocycles. The predicted octanol–water partition coefficient (Wildman–Crippen LogP) is 6.87. The molecule has 1 heterocycles. The van der Waals surface area contributed by atoms with E-state index in [0.29, 0.717) is 10.6 Å².